The predicted molar refractivity (Wildman–Crippen MR) is 96.6 cm³/mol. The van der Waals surface area contributed by atoms with Crippen molar-refractivity contribution in [3.8, 4) is 16.9 Å². The molecule has 0 unspecified atom stereocenters. The molecule has 4 rings (SSSR count). The molecule has 3 nitrogen and oxygen atoms in total. The number of rotatable bonds is 2. The highest BCUT2D eigenvalue weighted by atomic mass is 79.9. The van der Waals surface area contributed by atoms with Gasteiger partial charge in [-0.15, -0.1) is 0 Å². The summed E-state index contributed by atoms with van der Waals surface area (Å²) in [7, 11) is 0. The molecule has 0 spiro atoms. The van der Waals surface area contributed by atoms with Gasteiger partial charge in [-0.2, -0.15) is 5.10 Å². The Hall–Kier alpha value is -1.59. The largest absolute Gasteiger partial charge is 0.369 e. The number of aromatic nitrogens is 2. The third-order valence-corrected chi connectivity index (χ3v) is 4.79. The van der Waals surface area contributed by atoms with E-state index in [0.29, 0.717) is 0 Å². The molecule has 0 saturated carbocycles. The van der Waals surface area contributed by atoms with E-state index in [9.17, 15) is 0 Å². The normalized spacial score (nSPS) is 13.0. The molecule has 1 aliphatic rings. The first kappa shape index (κ1) is 14.0. The fraction of sp³-hybridized carbons (Fsp3) is 0.118. The van der Waals surface area contributed by atoms with Gasteiger partial charge in [0.05, 0.1) is 11.4 Å². The van der Waals surface area contributed by atoms with Gasteiger partial charge in [-0.25, -0.2) is 4.68 Å². The minimum atomic E-state index is 0.961. The average Bonchev–Trinajstić information content (AvgIpc) is 3.09. The summed E-state index contributed by atoms with van der Waals surface area (Å²) in [6.45, 7) is 0.961. The average molecular weight is 419 g/mol. The van der Waals surface area contributed by atoms with E-state index in [1.165, 1.54) is 5.56 Å². The fourth-order valence-corrected chi connectivity index (χ4v) is 3.62. The van der Waals surface area contributed by atoms with Gasteiger partial charge in [-0.05, 0) is 36.8 Å². The molecule has 1 aliphatic heterocycles. The number of fused-ring (bicyclic) bond motifs is 1. The van der Waals surface area contributed by atoms with Gasteiger partial charge in [-0.1, -0.05) is 50.1 Å². The quantitative estimate of drug-likeness (QED) is 0.632. The molecular formula is C17H13Br2N3. The molecule has 0 aliphatic carbocycles. The molecule has 0 fully saturated rings. The van der Waals surface area contributed by atoms with Crippen LogP contribution in [0.2, 0.25) is 0 Å². The van der Waals surface area contributed by atoms with Crippen LogP contribution in [0, 0.1) is 0 Å². The number of nitrogens with zero attached hydrogens (tertiary/aromatic N) is 2. The van der Waals surface area contributed by atoms with Crippen molar-refractivity contribution in [3.63, 3.8) is 0 Å². The van der Waals surface area contributed by atoms with Crippen molar-refractivity contribution in [3.05, 3.63) is 63.0 Å². The first-order valence-electron chi connectivity index (χ1n) is 7.10. The van der Waals surface area contributed by atoms with Crippen molar-refractivity contribution in [2.75, 3.05) is 11.9 Å². The number of nitrogens with one attached hydrogen (secondary N) is 1. The third-order valence-electron chi connectivity index (χ3n) is 3.80. The van der Waals surface area contributed by atoms with Crippen LogP contribution < -0.4 is 5.32 Å². The van der Waals surface area contributed by atoms with Crippen LogP contribution >= 0.6 is 31.9 Å². The second-order valence-corrected chi connectivity index (χ2v) is 7.09. The van der Waals surface area contributed by atoms with Crippen molar-refractivity contribution < 1.29 is 0 Å². The summed E-state index contributed by atoms with van der Waals surface area (Å²) in [6, 6.07) is 16.5. The first-order valence-corrected chi connectivity index (χ1v) is 8.68. The van der Waals surface area contributed by atoms with Crippen molar-refractivity contribution in [2.45, 2.75) is 6.42 Å². The van der Waals surface area contributed by atoms with Crippen LogP contribution in [0.25, 0.3) is 16.9 Å². The SMILES string of the molecule is Brc1cccc(-c2nn(-c3cccc(Br)c3)c3c2CCN3)c1. The summed E-state index contributed by atoms with van der Waals surface area (Å²) in [4.78, 5) is 0. The maximum absolute atomic E-state index is 4.87. The summed E-state index contributed by atoms with van der Waals surface area (Å²) >= 11 is 7.08. The van der Waals surface area contributed by atoms with Gasteiger partial charge in [0.25, 0.3) is 0 Å². The molecule has 22 heavy (non-hydrogen) atoms. The second-order valence-electron chi connectivity index (χ2n) is 5.25. The van der Waals surface area contributed by atoms with Crippen molar-refractivity contribution in [1.29, 1.82) is 0 Å². The Labute approximate surface area is 145 Å². The number of halogens is 2. The molecule has 2 heterocycles. The smallest absolute Gasteiger partial charge is 0.133 e. The van der Waals surface area contributed by atoms with Crippen LogP contribution in [0.3, 0.4) is 0 Å². The van der Waals surface area contributed by atoms with E-state index < -0.39 is 0 Å². The van der Waals surface area contributed by atoms with Crippen LogP contribution in [0.4, 0.5) is 5.82 Å². The van der Waals surface area contributed by atoms with Crippen molar-refractivity contribution >= 4 is 37.7 Å². The fourth-order valence-electron chi connectivity index (χ4n) is 2.84. The number of hydrogen-bond acceptors (Lipinski definition) is 2. The Balaban J connectivity index is 1.90. The lowest BCUT2D eigenvalue weighted by Crippen LogP contribution is -2.04. The van der Waals surface area contributed by atoms with Gasteiger partial charge >= 0.3 is 0 Å². The van der Waals surface area contributed by atoms with E-state index in [1.807, 2.05) is 28.9 Å². The predicted octanol–water partition coefficient (Wildman–Crippen LogP) is 5.03. The zero-order chi connectivity index (χ0) is 15.1. The van der Waals surface area contributed by atoms with Gasteiger partial charge in [0.15, 0.2) is 0 Å². The summed E-state index contributed by atoms with van der Waals surface area (Å²) in [6.07, 6.45) is 1.01. The topological polar surface area (TPSA) is 29.9 Å². The molecule has 5 heteroatoms. The molecule has 0 radical (unpaired) electrons. The van der Waals surface area contributed by atoms with E-state index in [-0.39, 0.29) is 0 Å². The highest BCUT2D eigenvalue weighted by molar-refractivity contribution is 9.10. The van der Waals surface area contributed by atoms with Gasteiger partial charge < -0.3 is 5.32 Å². The zero-order valence-corrected chi connectivity index (χ0v) is 14.9. The number of anilines is 1. The molecule has 1 N–H and O–H groups in total. The van der Waals surface area contributed by atoms with E-state index in [4.69, 9.17) is 5.10 Å². The molecule has 0 amide bonds. The maximum Gasteiger partial charge on any atom is 0.133 e. The first-order chi connectivity index (χ1) is 10.7. The Morgan fingerprint density at radius 3 is 2.55 bits per heavy atom. The Morgan fingerprint density at radius 2 is 1.77 bits per heavy atom. The van der Waals surface area contributed by atoms with E-state index in [1.54, 1.807) is 0 Å². The van der Waals surface area contributed by atoms with Gasteiger partial charge in [0, 0.05) is 26.6 Å². The van der Waals surface area contributed by atoms with E-state index in [2.05, 4.69) is 61.4 Å². The molecular weight excluding hydrogens is 406 g/mol. The molecule has 2 aromatic carbocycles. The molecule has 110 valence electrons. The van der Waals surface area contributed by atoms with Crippen LogP contribution in [-0.2, 0) is 6.42 Å². The molecule has 3 aromatic rings. The minimum Gasteiger partial charge on any atom is -0.369 e. The summed E-state index contributed by atoms with van der Waals surface area (Å²) in [5.74, 6) is 1.10. The van der Waals surface area contributed by atoms with Crippen LogP contribution in [0.5, 0.6) is 0 Å². The van der Waals surface area contributed by atoms with Crippen LogP contribution in [0.15, 0.2) is 57.5 Å². The van der Waals surface area contributed by atoms with Crippen LogP contribution in [-0.4, -0.2) is 16.3 Å². The number of benzene rings is 2. The Bertz CT molecular complexity index is 787. The standard InChI is InChI=1S/C17H13Br2N3/c18-12-4-1-3-11(9-12)16-15-7-8-20-17(15)22(21-16)14-6-2-5-13(19)10-14/h1-6,9-10,20H,7-8H2. The van der Waals surface area contributed by atoms with Crippen molar-refractivity contribution in [1.82, 2.24) is 9.78 Å². The van der Waals surface area contributed by atoms with Gasteiger partial charge in [-0.3, -0.25) is 0 Å². The molecule has 1 aromatic heterocycles. The third kappa shape index (κ3) is 2.38. The van der Waals surface area contributed by atoms with Crippen LogP contribution in [0.1, 0.15) is 5.56 Å². The Kier molecular flexibility index (Phi) is 3.54. The lowest BCUT2D eigenvalue weighted by atomic mass is 10.1. The monoisotopic (exact) mass is 417 g/mol. The Morgan fingerprint density at radius 1 is 1.00 bits per heavy atom. The highest BCUT2D eigenvalue weighted by Crippen LogP contribution is 2.35. The van der Waals surface area contributed by atoms with E-state index in [0.717, 1.165) is 44.7 Å². The minimum absolute atomic E-state index is 0.961. The van der Waals surface area contributed by atoms with E-state index >= 15 is 0 Å². The summed E-state index contributed by atoms with van der Waals surface area (Å²) < 4.78 is 4.13. The molecule has 0 saturated heterocycles. The summed E-state index contributed by atoms with van der Waals surface area (Å²) in [5.41, 5.74) is 4.55. The van der Waals surface area contributed by atoms with Crippen molar-refractivity contribution in [2.24, 2.45) is 0 Å². The zero-order valence-electron chi connectivity index (χ0n) is 11.7. The lowest BCUT2D eigenvalue weighted by molar-refractivity contribution is 0.882. The van der Waals surface area contributed by atoms with Gasteiger partial charge in [0.1, 0.15) is 5.82 Å². The lowest BCUT2D eigenvalue weighted by Gasteiger charge is -2.06. The second kappa shape index (κ2) is 5.56. The highest BCUT2D eigenvalue weighted by Gasteiger charge is 2.23. The number of hydrogen-bond donors (Lipinski definition) is 1. The molecule has 0 bridgehead atoms. The van der Waals surface area contributed by atoms with Gasteiger partial charge in [0.2, 0.25) is 0 Å². The maximum atomic E-state index is 4.87. The summed E-state index contributed by atoms with van der Waals surface area (Å²) in [5, 5.41) is 8.33. The molecule has 0 atom stereocenters.